The lowest BCUT2D eigenvalue weighted by atomic mass is 9.84. The normalized spacial score (nSPS) is 17.2. The minimum absolute atomic E-state index is 0.00473. The molecule has 5 heteroatoms. The molecule has 0 aromatic rings. The van der Waals surface area contributed by atoms with Gasteiger partial charge in [0.1, 0.15) is 0 Å². The summed E-state index contributed by atoms with van der Waals surface area (Å²) in [5.41, 5.74) is -0.0473. The van der Waals surface area contributed by atoms with E-state index in [1.165, 1.54) is 7.11 Å². The Bertz CT molecular complexity index is 372. The van der Waals surface area contributed by atoms with E-state index in [1.54, 1.807) is 4.90 Å². The van der Waals surface area contributed by atoms with Crippen LogP contribution in [0.15, 0.2) is 12.7 Å². The Morgan fingerprint density at radius 2 is 2.00 bits per heavy atom. The van der Waals surface area contributed by atoms with Crippen LogP contribution in [-0.2, 0) is 19.1 Å². The first kappa shape index (κ1) is 17.7. The van der Waals surface area contributed by atoms with Crippen LogP contribution in [0.1, 0.15) is 33.1 Å². The molecule has 0 aromatic carbocycles. The second-order valence-electron chi connectivity index (χ2n) is 6.15. The van der Waals surface area contributed by atoms with Crippen molar-refractivity contribution in [2.45, 2.75) is 33.1 Å². The number of ether oxygens (including phenoxy) is 2. The highest BCUT2D eigenvalue weighted by Gasteiger charge is 2.28. The Balaban J connectivity index is 2.58. The highest BCUT2D eigenvalue weighted by atomic mass is 16.5. The maximum Gasteiger partial charge on any atom is 0.309 e. The number of carbonyl (C=O) groups excluding carboxylic acids is 2. The van der Waals surface area contributed by atoms with Crippen molar-refractivity contribution in [3.63, 3.8) is 0 Å². The predicted octanol–water partition coefficient (Wildman–Crippen LogP) is 2.02. The van der Waals surface area contributed by atoms with Crippen LogP contribution in [0.5, 0.6) is 0 Å². The van der Waals surface area contributed by atoms with E-state index in [2.05, 4.69) is 20.4 Å². The number of hydrogen-bond acceptors (Lipinski definition) is 4. The van der Waals surface area contributed by atoms with Gasteiger partial charge in [-0.25, -0.2) is 0 Å². The highest BCUT2D eigenvalue weighted by Crippen LogP contribution is 2.27. The largest absolute Gasteiger partial charge is 0.469 e. The molecule has 0 spiro atoms. The van der Waals surface area contributed by atoms with Crippen LogP contribution in [-0.4, -0.2) is 50.2 Å². The Hall–Kier alpha value is -1.36. The molecule has 0 N–H and O–H groups in total. The molecule has 1 unspecified atom stereocenters. The van der Waals surface area contributed by atoms with Crippen LogP contribution in [0.25, 0.3) is 0 Å². The van der Waals surface area contributed by atoms with Gasteiger partial charge in [-0.15, -0.1) is 6.58 Å². The van der Waals surface area contributed by atoms with Crippen LogP contribution < -0.4 is 0 Å². The molecule has 1 aliphatic rings. The zero-order valence-electron chi connectivity index (χ0n) is 13.4. The molecule has 21 heavy (non-hydrogen) atoms. The van der Waals surface area contributed by atoms with Crippen LogP contribution in [0, 0.1) is 11.3 Å². The van der Waals surface area contributed by atoms with Crippen LogP contribution >= 0.6 is 0 Å². The maximum atomic E-state index is 12.3. The first-order valence-electron chi connectivity index (χ1n) is 7.46. The van der Waals surface area contributed by atoms with Crippen molar-refractivity contribution in [2.75, 3.05) is 33.4 Å². The zero-order valence-corrected chi connectivity index (χ0v) is 13.4. The third-order valence-electron chi connectivity index (χ3n) is 4.01. The zero-order chi connectivity index (χ0) is 15.9. The molecule has 1 atom stereocenters. The lowest BCUT2D eigenvalue weighted by Crippen LogP contribution is -2.42. The van der Waals surface area contributed by atoms with E-state index >= 15 is 0 Å². The van der Waals surface area contributed by atoms with Crippen molar-refractivity contribution in [1.82, 2.24) is 4.90 Å². The Kier molecular flexibility index (Phi) is 6.89. The highest BCUT2D eigenvalue weighted by molar-refractivity contribution is 5.83. The summed E-state index contributed by atoms with van der Waals surface area (Å²) in [5.74, 6) is -0.689. The summed E-state index contributed by atoms with van der Waals surface area (Å²) < 4.78 is 10.1. The molecule has 0 aromatic heterocycles. The summed E-state index contributed by atoms with van der Waals surface area (Å²) in [4.78, 5) is 25.9. The number of nitrogens with zero attached hydrogens (tertiary/aromatic N) is 1. The molecule has 0 saturated carbocycles. The van der Waals surface area contributed by atoms with E-state index in [4.69, 9.17) is 9.47 Å². The fourth-order valence-corrected chi connectivity index (χ4v) is 2.27. The number of rotatable bonds is 7. The minimum Gasteiger partial charge on any atom is -0.469 e. The summed E-state index contributed by atoms with van der Waals surface area (Å²) in [6.07, 6.45) is 3.51. The average molecular weight is 297 g/mol. The van der Waals surface area contributed by atoms with Crippen LogP contribution in [0.3, 0.4) is 0 Å². The molecule has 1 aliphatic heterocycles. The molecule has 0 bridgehead atoms. The summed E-state index contributed by atoms with van der Waals surface area (Å²) in [6, 6.07) is 0. The van der Waals surface area contributed by atoms with Gasteiger partial charge in [-0.1, -0.05) is 19.9 Å². The van der Waals surface area contributed by atoms with Gasteiger partial charge < -0.3 is 14.4 Å². The van der Waals surface area contributed by atoms with Crippen LogP contribution in [0.4, 0.5) is 0 Å². The fourth-order valence-electron chi connectivity index (χ4n) is 2.27. The minimum atomic E-state index is -0.385. The van der Waals surface area contributed by atoms with Crippen molar-refractivity contribution < 1.29 is 19.1 Å². The number of morpholine rings is 1. The number of methoxy groups -OCH3 is 1. The maximum absolute atomic E-state index is 12.3. The summed E-state index contributed by atoms with van der Waals surface area (Å²) in [6.45, 7) is 10.3. The number of carbonyl (C=O) groups is 2. The number of esters is 1. The smallest absolute Gasteiger partial charge is 0.309 e. The second-order valence-corrected chi connectivity index (χ2v) is 6.15. The van der Waals surface area contributed by atoms with E-state index in [-0.39, 0.29) is 29.6 Å². The van der Waals surface area contributed by atoms with Gasteiger partial charge in [0.05, 0.1) is 26.2 Å². The number of allylic oxidation sites excluding steroid dienone is 1. The van der Waals surface area contributed by atoms with Gasteiger partial charge in [0, 0.05) is 19.5 Å². The topological polar surface area (TPSA) is 55.8 Å². The first-order valence-corrected chi connectivity index (χ1v) is 7.46. The van der Waals surface area contributed by atoms with Gasteiger partial charge in [-0.05, 0) is 18.3 Å². The van der Waals surface area contributed by atoms with Gasteiger partial charge >= 0.3 is 5.97 Å². The monoisotopic (exact) mass is 297 g/mol. The molecular weight excluding hydrogens is 270 g/mol. The summed E-state index contributed by atoms with van der Waals surface area (Å²) >= 11 is 0. The van der Waals surface area contributed by atoms with E-state index in [0.29, 0.717) is 32.7 Å². The molecular formula is C16H27NO4. The SMILES string of the molecule is C=CC(C)(C)CCC(CC(=O)N1CCOCC1)C(=O)OC. The van der Waals surface area contributed by atoms with Crippen molar-refractivity contribution in [1.29, 1.82) is 0 Å². The quantitative estimate of drug-likeness (QED) is 0.533. The third-order valence-corrected chi connectivity index (χ3v) is 4.01. The number of hydrogen-bond donors (Lipinski definition) is 0. The van der Waals surface area contributed by atoms with Crippen molar-refractivity contribution in [3.05, 3.63) is 12.7 Å². The molecule has 1 rings (SSSR count). The molecule has 0 radical (unpaired) electrons. The third kappa shape index (κ3) is 5.87. The Morgan fingerprint density at radius 1 is 1.38 bits per heavy atom. The standard InChI is InChI=1S/C16H27NO4/c1-5-16(2,3)7-6-13(15(19)20-4)12-14(18)17-8-10-21-11-9-17/h5,13H,1,6-12H2,2-4H3. The average Bonchev–Trinajstić information content (AvgIpc) is 2.51. The lowest BCUT2D eigenvalue weighted by molar-refractivity contribution is -0.150. The Morgan fingerprint density at radius 3 is 2.52 bits per heavy atom. The molecule has 0 aliphatic carbocycles. The molecule has 120 valence electrons. The molecule has 1 heterocycles. The second kappa shape index (κ2) is 8.17. The van der Waals surface area contributed by atoms with E-state index in [0.717, 1.165) is 6.42 Å². The molecule has 5 nitrogen and oxygen atoms in total. The molecule has 1 saturated heterocycles. The summed E-state index contributed by atoms with van der Waals surface area (Å²) in [7, 11) is 1.37. The lowest BCUT2D eigenvalue weighted by Gasteiger charge is -2.28. The van der Waals surface area contributed by atoms with E-state index in [1.807, 2.05) is 6.08 Å². The van der Waals surface area contributed by atoms with Crippen molar-refractivity contribution >= 4 is 11.9 Å². The van der Waals surface area contributed by atoms with Gasteiger partial charge in [0.15, 0.2) is 0 Å². The number of amides is 1. The van der Waals surface area contributed by atoms with E-state index in [9.17, 15) is 9.59 Å². The Labute approximate surface area is 127 Å². The van der Waals surface area contributed by atoms with Gasteiger partial charge in [-0.2, -0.15) is 0 Å². The van der Waals surface area contributed by atoms with Gasteiger partial charge in [0.2, 0.25) is 5.91 Å². The van der Waals surface area contributed by atoms with Crippen molar-refractivity contribution in [2.24, 2.45) is 11.3 Å². The summed E-state index contributed by atoms with van der Waals surface area (Å²) in [5, 5.41) is 0. The van der Waals surface area contributed by atoms with E-state index < -0.39 is 0 Å². The van der Waals surface area contributed by atoms with Crippen LogP contribution in [0.2, 0.25) is 0 Å². The molecule has 1 fully saturated rings. The van der Waals surface area contributed by atoms with Gasteiger partial charge in [0.25, 0.3) is 0 Å². The fraction of sp³-hybridized carbons (Fsp3) is 0.750. The predicted molar refractivity (Wildman–Crippen MR) is 80.7 cm³/mol. The first-order chi connectivity index (χ1) is 9.89. The van der Waals surface area contributed by atoms with Crippen molar-refractivity contribution in [3.8, 4) is 0 Å². The molecule has 1 amide bonds. The van der Waals surface area contributed by atoms with Gasteiger partial charge in [-0.3, -0.25) is 9.59 Å².